The molecule has 90 valence electrons. The molecule has 2 nitrogen and oxygen atoms in total. The van der Waals surface area contributed by atoms with Crippen molar-refractivity contribution in [2.45, 2.75) is 58.5 Å². The molecule has 1 unspecified atom stereocenters. The van der Waals surface area contributed by atoms with Crippen molar-refractivity contribution in [3.8, 4) is 0 Å². The van der Waals surface area contributed by atoms with Crippen LogP contribution in [0.5, 0.6) is 0 Å². The maximum atomic E-state index is 4.32. The van der Waals surface area contributed by atoms with Crippen LogP contribution < -0.4 is 5.32 Å². The molecule has 1 atom stereocenters. The summed E-state index contributed by atoms with van der Waals surface area (Å²) in [4.78, 5) is 5.69. The summed E-state index contributed by atoms with van der Waals surface area (Å²) in [5, 5.41) is 4.91. The quantitative estimate of drug-likeness (QED) is 0.869. The van der Waals surface area contributed by atoms with Crippen molar-refractivity contribution in [2.75, 3.05) is 0 Å². The summed E-state index contributed by atoms with van der Waals surface area (Å²) in [5.74, 6) is 0.930. The van der Waals surface area contributed by atoms with Crippen molar-refractivity contribution in [3.05, 3.63) is 16.1 Å². The van der Waals surface area contributed by atoms with Crippen LogP contribution in [0.3, 0.4) is 0 Å². The second-order valence-corrected chi connectivity index (χ2v) is 6.39. The van der Waals surface area contributed by atoms with Gasteiger partial charge in [0.15, 0.2) is 0 Å². The van der Waals surface area contributed by atoms with E-state index in [1.807, 2.05) is 17.5 Å². The molecule has 1 N–H and O–H groups in total. The molecule has 3 heteroatoms. The smallest absolute Gasteiger partial charge is 0.0897 e. The van der Waals surface area contributed by atoms with Gasteiger partial charge in [-0.15, -0.1) is 11.3 Å². The minimum atomic E-state index is 0.463. The molecule has 0 saturated heterocycles. The van der Waals surface area contributed by atoms with E-state index >= 15 is 0 Å². The normalized spacial score (nSPS) is 27.9. The molecule has 0 spiro atoms. The summed E-state index contributed by atoms with van der Waals surface area (Å²) in [6, 6.07) is 1.18. The average Bonchev–Trinajstić information content (AvgIpc) is 2.68. The number of hydrogen-bond donors (Lipinski definition) is 1. The summed E-state index contributed by atoms with van der Waals surface area (Å²) in [6.07, 6.45) is 7.45. The number of aryl methyl sites for hydroxylation is 1. The largest absolute Gasteiger partial charge is 0.307 e. The van der Waals surface area contributed by atoms with Crippen LogP contribution in [-0.4, -0.2) is 11.0 Å². The average molecular weight is 238 g/mol. The third-order valence-electron chi connectivity index (χ3n) is 3.57. The van der Waals surface area contributed by atoms with E-state index in [-0.39, 0.29) is 0 Å². The maximum absolute atomic E-state index is 4.32. The van der Waals surface area contributed by atoms with Gasteiger partial charge >= 0.3 is 0 Å². The van der Waals surface area contributed by atoms with Crippen molar-refractivity contribution in [1.82, 2.24) is 10.3 Å². The molecule has 2 rings (SSSR count). The predicted octanol–water partition coefficient (Wildman–Crippen LogP) is 3.68. The Morgan fingerprint density at radius 1 is 1.38 bits per heavy atom. The van der Waals surface area contributed by atoms with Gasteiger partial charge in [0.1, 0.15) is 0 Å². The molecule has 0 bridgehead atoms. The zero-order chi connectivity index (χ0) is 11.5. The molecule has 1 aliphatic carbocycles. The summed E-state index contributed by atoms with van der Waals surface area (Å²) in [5.41, 5.74) is 0. The lowest BCUT2D eigenvalue weighted by molar-refractivity contribution is 0.292. The number of rotatable bonds is 3. The standard InChI is InChI=1S/C13H22N2S/c1-9-4-6-12(7-5-9)15-10(2)13-8-14-11(3)16-13/h8-10,12,15H,4-7H2,1-3H3. The zero-order valence-electron chi connectivity index (χ0n) is 10.5. The van der Waals surface area contributed by atoms with Crippen molar-refractivity contribution in [1.29, 1.82) is 0 Å². The van der Waals surface area contributed by atoms with Crippen LogP contribution in [0.2, 0.25) is 0 Å². The molecule has 0 radical (unpaired) electrons. The first-order valence-corrected chi connectivity index (χ1v) is 7.15. The van der Waals surface area contributed by atoms with Crippen LogP contribution in [-0.2, 0) is 0 Å². The zero-order valence-corrected chi connectivity index (χ0v) is 11.3. The Kier molecular flexibility index (Phi) is 3.98. The fourth-order valence-corrected chi connectivity index (χ4v) is 3.24. The lowest BCUT2D eigenvalue weighted by Crippen LogP contribution is -2.34. The molecule has 1 heterocycles. The first-order valence-electron chi connectivity index (χ1n) is 6.33. The van der Waals surface area contributed by atoms with Crippen LogP contribution in [0.1, 0.15) is 55.5 Å². The van der Waals surface area contributed by atoms with Crippen LogP contribution in [0.4, 0.5) is 0 Å². The Hall–Kier alpha value is -0.410. The molecule has 0 aromatic carbocycles. The second-order valence-electron chi connectivity index (χ2n) is 5.13. The maximum Gasteiger partial charge on any atom is 0.0897 e. The van der Waals surface area contributed by atoms with E-state index in [2.05, 4.69) is 31.1 Å². The Morgan fingerprint density at radius 3 is 2.62 bits per heavy atom. The van der Waals surface area contributed by atoms with Crippen molar-refractivity contribution in [3.63, 3.8) is 0 Å². The molecule has 16 heavy (non-hydrogen) atoms. The summed E-state index contributed by atoms with van der Waals surface area (Å²) >= 11 is 1.81. The van der Waals surface area contributed by atoms with Crippen LogP contribution in [0.15, 0.2) is 6.20 Å². The predicted molar refractivity (Wildman–Crippen MR) is 69.8 cm³/mol. The number of hydrogen-bond acceptors (Lipinski definition) is 3. The third-order valence-corrected chi connectivity index (χ3v) is 4.66. The minimum Gasteiger partial charge on any atom is -0.307 e. The monoisotopic (exact) mass is 238 g/mol. The van der Waals surface area contributed by atoms with Gasteiger partial charge in [0.05, 0.1) is 5.01 Å². The number of thiazole rings is 1. The number of nitrogens with zero attached hydrogens (tertiary/aromatic N) is 1. The Balaban J connectivity index is 1.85. The van der Waals surface area contributed by atoms with Gasteiger partial charge in [-0.3, -0.25) is 0 Å². The van der Waals surface area contributed by atoms with Gasteiger partial charge in [0.2, 0.25) is 0 Å². The van der Waals surface area contributed by atoms with Gasteiger partial charge in [-0.05, 0) is 45.4 Å². The first kappa shape index (κ1) is 12.1. The third kappa shape index (κ3) is 3.05. The highest BCUT2D eigenvalue weighted by Gasteiger charge is 2.20. The Morgan fingerprint density at radius 2 is 2.06 bits per heavy atom. The fourth-order valence-electron chi connectivity index (χ4n) is 2.44. The van der Waals surface area contributed by atoms with E-state index in [9.17, 15) is 0 Å². The topological polar surface area (TPSA) is 24.9 Å². The highest BCUT2D eigenvalue weighted by Crippen LogP contribution is 2.27. The van der Waals surface area contributed by atoms with Gasteiger partial charge in [0, 0.05) is 23.2 Å². The summed E-state index contributed by atoms with van der Waals surface area (Å²) in [7, 11) is 0. The second kappa shape index (κ2) is 5.28. The lowest BCUT2D eigenvalue weighted by Gasteiger charge is -2.29. The van der Waals surface area contributed by atoms with E-state index in [0.717, 1.165) is 5.92 Å². The van der Waals surface area contributed by atoms with Crippen LogP contribution in [0.25, 0.3) is 0 Å². The SMILES string of the molecule is Cc1ncc(C(C)NC2CCC(C)CC2)s1. The van der Waals surface area contributed by atoms with Gasteiger partial charge in [-0.1, -0.05) is 6.92 Å². The molecule has 1 saturated carbocycles. The number of aromatic nitrogens is 1. The fraction of sp³-hybridized carbons (Fsp3) is 0.769. The molecule has 1 aromatic rings. The minimum absolute atomic E-state index is 0.463. The first-order chi connectivity index (χ1) is 7.65. The van der Waals surface area contributed by atoms with E-state index < -0.39 is 0 Å². The molecule has 1 aromatic heterocycles. The number of nitrogens with one attached hydrogen (secondary N) is 1. The molecule has 0 aliphatic heterocycles. The van der Waals surface area contributed by atoms with E-state index in [4.69, 9.17) is 0 Å². The summed E-state index contributed by atoms with van der Waals surface area (Å²) in [6.45, 7) is 6.69. The van der Waals surface area contributed by atoms with Crippen LogP contribution in [0, 0.1) is 12.8 Å². The Bertz CT molecular complexity index is 326. The molecular weight excluding hydrogens is 216 g/mol. The van der Waals surface area contributed by atoms with E-state index in [1.54, 1.807) is 0 Å². The van der Waals surface area contributed by atoms with E-state index in [1.165, 1.54) is 35.6 Å². The molecular formula is C13H22N2S. The highest BCUT2D eigenvalue weighted by molar-refractivity contribution is 7.11. The molecule has 1 aliphatic rings. The van der Waals surface area contributed by atoms with E-state index in [0.29, 0.717) is 12.1 Å². The highest BCUT2D eigenvalue weighted by atomic mass is 32.1. The van der Waals surface area contributed by atoms with Gasteiger partial charge in [-0.2, -0.15) is 0 Å². The van der Waals surface area contributed by atoms with Crippen LogP contribution >= 0.6 is 11.3 Å². The van der Waals surface area contributed by atoms with Gasteiger partial charge < -0.3 is 5.32 Å². The molecule has 0 amide bonds. The summed E-state index contributed by atoms with van der Waals surface area (Å²) < 4.78 is 0. The van der Waals surface area contributed by atoms with Gasteiger partial charge in [-0.25, -0.2) is 4.98 Å². The lowest BCUT2D eigenvalue weighted by atomic mass is 9.87. The van der Waals surface area contributed by atoms with Gasteiger partial charge in [0.25, 0.3) is 0 Å². The van der Waals surface area contributed by atoms with Crippen molar-refractivity contribution >= 4 is 11.3 Å². The molecule has 1 fully saturated rings. The van der Waals surface area contributed by atoms with Crippen molar-refractivity contribution in [2.24, 2.45) is 5.92 Å². The Labute approximate surface area is 102 Å². The van der Waals surface area contributed by atoms with Crippen molar-refractivity contribution < 1.29 is 0 Å².